The van der Waals surface area contributed by atoms with Crippen LogP contribution >= 0.6 is 0 Å². The Bertz CT molecular complexity index is 984. The fraction of sp³-hybridized carbons (Fsp3) is 0.316. The summed E-state index contributed by atoms with van der Waals surface area (Å²) in [6.07, 6.45) is 0. The maximum Gasteiger partial charge on any atom is 0.260 e. The van der Waals surface area contributed by atoms with Crippen LogP contribution in [0.15, 0.2) is 35.1 Å². The predicted molar refractivity (Wildman–Crippen MR) is 93.1 cm³/mol. The van der Waals surface area contributed by atoms with Gasteiger partial charge in [0, 0.05) is 23.2 Å². The van der Waals surface area contributed by atoms with Gasteiger partial charge in [-0.1, -0.05) is 19.9 Å². The van der Waals surface area contributed by atoms with Crippen LogP contribution in [0.4, 0.5) is 0 Å². The molecule has 3 aromatic rings. The number of rotatable bonds is 3. The molecule has 0 N–H and O–H groups in total. The van der Waals surface area contributed by atoms with Crippen molar-refractivity contribution in [2.24, 2.45) is 5.92 Å². The second kappa shape index (κ2) is 5.61. The Balaban J connectivity index is 2.51. The predicted octanol–water partition coefficient (Wildman–Crippen LogP) is 3.72. The smallest absolute Gasteiger partial charge is 0.260 e. The number of pyridine rings is 2. The summed E-state index contributed by atoms with van der Waals surface area (Å²) in [5.41, 5.74) is 2.92. The quantitative estimate of drug-likeness (QED) is 0.547. The van der Waals surface area contributed by atoms with Gasteiger partial charge < -0.3 is 4.57 Å². The average molecular weight is 308 g/mol. The van der Waals surface area contributed by atoms with E-state index < -0.39 is 0 Å². The highest BCUT2D eigenvalue weighted by atomic mass is 16.1. The molecule has 0 aliphatic carbocycles. The first kappa shape index (κ1) is 15.4. The van der Waals surface area contributed by atoms with Crippen molar-refractivity contribution >= 4 is 27.6 Å². The first-order chi connectivity index (χ1) is 10.9. The molecule has 1 aromatic carbocycles. The average Bonchev–Trinajstić information content (AvgIpc) is 2.50. The lowest BCUT2D eigenvalue weighted by molar-refractivity contribution is 0.101. The van der Waals surface area contributed by atoms with Crippen LogP contribution in [-0.4, -0.2) is 15.3 Å². The number of nitrogens with zero attached hydrogens (tertiary/aromatic N) is 2. The van der Waals surface area contributed by atoms with Gasteiger partial charge in [0.1, 0.15) is 0 Å². The Morgan fingerprint density at radius 2 is 1.87 bits per heavy atom. The minimum Gasteiger partial charge on any atom is -0.307 e. The molecule has 4 nitrogen and oxygen atoms in total. The molecule has 0 atom stereocenters. The van der Waals surface area contributed by atoms with Gasteiger partial charge >= 0.3 is 0 Å². The molecule has 0 aliphatic rings. The van der Waals surface area contributed by atoms with E-state index in [1.807, 2.05) is 31.2 Å². The van der Waals surface area contributed by atoms with Crippen molar-refractivity contribution in [2.75, 3.05) is 0 Å². The molecule has 3 rings (SSSR count). The van der Waals surface area contributed by atoms with Crippen LogP contribution in [0.2, 0.25) is 0 Å². The van der Waals surface area contributed by atoms with Crippen molar-refractivity contribution in [2.45, 2.75) is 34.2 Å². The molecule has 23 heavy (non-hydrogen) atoms. The number of carbonyl (C=O) groups excluding carboxylic acids is 1. The highest BCUT2D eigenvalue weighted by Gasteiger charge is 2.14. The van der Waals surface area contributed by atoms with Crippen LogP contribution in [0, 0.1) is 12.8 Å². The summed E-state index contributed by atoms with van der Waals surface area (Å²) in [5.74, 6) is 0.320. The molecule has 4 heteroatoms. The second-order valence-corrected chi connectivity index (χ2v) is 6.45. The summed E-state index contributed by atoms with van der Waals surface area (Å²) in [6, 6.07) is 9.22. The number of aromatic nitrogens is 2. The number of carbonyl (C=O) groups is 1. The zero-order chi connectivity index (χ0) is 16.7. The number of hydrogen-bond donors (Lipinski definition) is 0. The van der Waals surface area contributed by atoms with Crippen molar-refractivity contribution in [3.05, 3.63) is 51.9 Å². The Morgan fingerprint density at radius 1 is 1.17 bits per heavy atom. The summed E-state index contributed by atoms with van der Waals surface area (Å²) >= 11 is 0. The molecule has 2 heterocycles. The third kappa shape index (κ3) is 2.65. The fourth-order valence-electron chi connectivity index (χ4n) is 2.91. The zero-order valence-electron chi connectivity index (χ0n) is 13.9. The topological polar surface area (TPSA) is 52.0 Å². The SMILES string of the molecule is CC(=O)c1ccc2c3nc(C)ccc3c(=O)n(CC(C)C)c2c1. The molecule has 0 saturated carbocycles. The fourth-order valence-corrected chi connectivity index (χ4v) is 2.91. The molecular formula is C19H20N2O2. The number of benzene rings is 1. The molecule has 0 aliphatic heterocycles. The Kier molecular flexibility index (Phi) is 3.76. The van der Waals surface area contributed by atoms with E-state index in [0.717, 1.165) is 16.6 Å². The highest BCUT2D eigenvalue weighted by Crippen LogP contribution is 2.23. The Hall–Kier alpha value is -2.49. The number of ketones is 1. The largest absolute Gasteiger partial charge is 0.307 e. The molecule has 0 spiro atoms. The summed E-state index contributed by atoms with van der Waals surface area (Å²) in [7, 11) is 0. The standard InChI is InChI=1S/C19H20N2O2/c1-11(2)10-21-17-9-14(13(4)22)6-8-15(17)18-16(19(21)23)7-5-12(3)20-18/h5-9,11H,10H2,1-4H3. The van der Waals surface area contributed by atoms with Crippen LogP contribution in [0.5, 0.6) is 0 Å². The summed E-state index contributed by atoms with van der Waals surface area (Å²) in [6.45, 7) is 8.21. The van der Waals surface area contributed by atoms with E-state index in [4.69, 9.17) is 0 Å². The lowest BCUT2D eigenvalue weighted by Gasteiger charge is -2.15. The third-order valence-electron chi connectivity index (χ3n) is 4.01. The van der Waals surface area contributed by atoms with Gasteiger partial charge in [0.2, 0.25) is 0 Å². The van der Waals surface area contributed by atoms with E-state index in [1.165, 1.54) is 6.92 Å². The van der Waals surface area contributed by atoms with Crippen LogP contribution < -0.4 is 5.56 Å². The number of Topliss-reactive ketones (excluding diaryl/α,β-unsaturated/α-hetero) is 1. The molecule has 2 aromatic heterocycles. The van der Waals surface area contributed by atoms with Gasteiger partial charge in [0.15, 0.2) is 5.78 Å². The molecule has 0 amide bonds. The van der Waals surface area contributed by atoms with Crippen molar-refractivity contribution < 1.29 is 4.79 Å². The van der Waals surface area contributed by atoms with Gasteiger partial charge in [0.05, 0.1) is 16.4 Å². The van der Waals surface area contributed by atoms with E-state index in [-0.39, 0.29) is 11.3 Å². The molecule has 0 unspecified atom stereocenters. The van der Waals surface area contributed by atoms with Crippen LogP contribution in [0.25, 0.3) is 21.8 Å². The monoisotopic (exact) mass is 308 g/mol. The highest BCUT2D eigenvalue weighted by molar-refractivity contribution is 6.06. The van der Waals surface area contributed by atoms with Gasteiger partial charge in [-0.3, -0.25) is 14.6 Å². The molecule has 0 bridgehead atoms. The van der Waals surface area contributed by atoms with Crippen molar-refractivity contribution in [3.63, 3.8) is 0 Å². The molecule has 0 fully saturated rings. The minimum atomic E-state index is -0.0468. The van der Waals surface area contributed by atoms with Gasteiger partial charge in [-0.15, -0.1) is 0 Å². The second-order valence-electron chi connectivity index (χ2n) is 6.45. The maximum absolute atomic E-state index is 12.9. The first-order valence-corrected chi connectivity index (χ1v) is 7.83. The number of aryl methyl sites for hydroxylation is 1. The Labute approximate surface area is 134 Å². The van der Waals surface area contributed by atoms with Crippen molar-refractivity contribution in [1.29, 1.82) is 0 Å². The lowest BCUT2D eigenvalue weighted by atomic mass is 10.0. The van der Waals surface area contributed by atoms with Crippen molar-refractivity contribution in [1.82, 2.24) is 9.55 Å². The van der Waals surface area contributed by atoms with E-state index in [9.17, 15) is 9.59 Å². The molecule has 118 valence electrons. The van der Waals surface area contributed by atoms with Gasteiger partial charge in [-0.2, -0.15) is 0 Å². The Morgan fingerprint density at radius 3 is 2.52 bits per heavy atom. The maximum atomic E-state index is 12.9. The number of fused-ring (bicyclic) bond motifs is 3. The minimum absolute atomic E-state index is 0.00672. The third-order valence-corrected chi connectivity index (χ3v) is 4.01. The van der Waals surface area contributed by atoms with Crippen LogP contribution in [0.3, 0.4) is 0 Å². The van der Waals surface area contributed by atoms with Gasteiger partial charge in [-0.05, 0) is 44.0 Å². The molecule has 0 saturated heterocycles. The van der Waals surface area contributed by atoms with E-state index in [1.54, 1.807) is 10.6 Å². The van der Waals surface area contributed by atoms with E-state index in [0.29, 0.717) is 28.9 Å². The van der Waals surface area contributed by atoms with E-state index in [2.05, 4.69) is 18.8 Å². The molecule has 0 radical (unpaired) electrons. The zero-order valence-corrected chi connectivity index (χ0v) is 13.9. The van der Waals surface area contributed by atoms with Gasteiger partial charge in [0.25, 0.3) is 5.56 Å². The first-order valence-electron chi connectivity index (χ1n) is 7.83. The summed E-state index contributed by atoms with van der Waals surface area (Å²) in [5, 5.41) is 1.54. The van der Waals surface area contributed by atoms with Crippen LogP contribution in [0.1, 0.15) is 36.8 Å². The number of hydrogen-bond acceptors (Lipinski definition) is 3. The van der Waals surface area contributed by atoms with E-state index >= 15 is 0 Å². The normalized spacial score (nSPS) is 11.5. The summed E-state index contributed by atoms with van der Waals surface area (Å²) < 4.78 is 1.77. The summed E-state index contributed by atoms with van der Waals surface area (Å²) in [4.78, 5) is 29.2. The molecular weight excluding hydrogens is 288 g/mol. The lowest BCUT2D eigenvalue weighted by Crippen LogP contribution is -2.23. The van der Waals surface area contributed by atoms with Crippen LogP contribution in [-0.2, 0) is 6.54 Å². The van der Waals surface area contributed by atoms with Gasteiger partial charge in [-0.25, -0.2) is 0 Å². The van der Waals surface area contributed by atoms with Crippen molar-refractivity contribution in [3.8, 4) is 0 Å².